The predicted molar refractivity (Wildman–Crippen MR) is 72.9 cm³/mol. The number of nitrogens with one attached hydrogen (secondary N) is 1. The zero-order chi connectivity index (χ0) is 13.8. The number of carbonyl (C=O) groups excluding carboxylic acids is 1. The summed E-state index contributed by atoms with van der Waals surface area (Å²) in [5.74, 6) is -0.982. The predicted octanol–water partition coefficient (Wildman–Crippen LogP) is 3.60. The molecular formula is C12H7BrClFN2O2. The maximum Gasteiger partial charge on any atom is 0.307 e. The van der Waals surface area contributed by atoms with E-state index in [-0.39, 0.29) is 16.3 Å². The number of furan rings is 1. The van der Waals surface area contributed by atoms with Crippen molar-refractivity contribution >= 4 is 39.7 Å². The second kappa shape index (κ2) is 5.99. The molecule has 0 atom stereocenters. The molecule has 0 aliphatic carbocycles. The van der Waals surface area contributed by atoms with Gasteiger partial charge in [-0.2, -0.15) is 5.10 Å². The van der Waals surface area contributed by atoms with Crippen LogP contribution in [0.1, 0.15) is 16.1 Å². The highest BCUT2D eigenvalue weighted by molar-refractivity contribution is 9.10. The molecule has 19 heavy (non-hydrogen) atoms. The standard InChI is InChI=1S/C12H7BrClFN2O2/c13-11-5-4-10(19-11)12(18)17-16-6-7-8(14)2-1-3-9(7)15/h1-6H,(H,17,18)/b16-6+. The van der Waals surface area contributed by atoms with E-state index in [9.17, 15) is 9.18 Å². The van der Waals surface area contributed by atoms with Crippen molar-refractivity contribution in [2.75, 3.05) is 0 Å². The third-order valence-corrected chi connectivity index (χ3v) is 2.91. The third-order valence-electron chi connectivity index (χ3n) is 2.16. The number of amides is 1. The van der Waals surface area contributed by atoms with Crippen molar-refractivity contribution in [3.8, 4) is 0 Å². The van der Waals surface area contributed by atoms with Gasteiger partial charge in [0.1, 0.15) is 5.82 Å². The van der Waals surface area contributed by atoms with Crippen LogP contribution in [0, 0.1) is 5.82 Å². The van der Waals surface area contributed by atoms with Gasteiger partial charge in [-0.05, 0) is 40.2 Å². The lowest BCUT2D eigenvalue weighted by Gasteiger charge is -1.99. The summed E-state index contributed by atoms with van der Waals surface area (Å²) >= 11 is 8.87. The summed E-state index contributed by atoms with van der Waals surface area (Å²) in [6.07, 6.45) is 1.13. The molecule has 0 aliphatic heterocycles. The molecule has 98 valence electrons. The first-order chi connectivity index (χ1) is 9.08. The molecule has 0 spiro atoms. The fourth-order valence-corrected chi connectivity index (χ4v) is 1.80. The van der Waals surface area contributed by atoms with Crippen molar-refractivity contribution in [3.63, 3.8) is 0 Å². The fraction of sp³-hybridized carbons (Fsp3) is 0. The van der Waals surface area contributed by atoms with E-state index >= 15 is 0 Å². The number of nitrogens with zero attached hydrogens (tertiary/aromatic N) is 1. The second-order valence-electron chi connectivity index (χ2n) is 3.44. The monoisotopic (exact) mass is 344 g/mol. The van der Waals surface area contributed by atoms with Crippen LogP contribution in [0.2, 0.25) is 5.02 Å². The topological polar surface area (TPSA) is 54.6 Å². The zero-order valence-electron chi connectivity index (χ0n) is 9.36. The fourth-order valence-electron chi connectivity index (χ4n) is 1.28. The van der Waals surface area contributed by atoms with E-state index in [2.05, 4.69) is 26.5 Å². The Morgan fingerprint density at radius 3 is 2.84 bits per heavy atom. The van der Waals surface area contributed by atoms with Crippen LogP contribution in [-0.4, -0.2) is 12.1 Å². The number of hydrazone groups is 1. The lowest BCUT2D eigenvalue weighted by molar-refractivity contribution is 0.0926. The molecule has 4 nitrogen and oxygen atoms in total. The molecule has 7 heteroatoms. The number of benzene rings is 1. The number of rotatable bonds is 3. The molecular weight excluding hydrogens is 338 g/mol. The molecule has 1 heterocycles. The average molecular weight is 346 g/mol. The van der Waals surface area contributed by atoms with Crippen molar-refractivity contribution in [2.24, 2.45) is 5.10 Å². The Hall–Kier alpha value is -1.66. The third kappa shape index (κ3) is 3.42. The first kappa shape index (κ1) is 13.8. The molecule has 0 radical (unpaired) electrons. The van der Waals surface area contributed by atoms with Crippen molar-refractivity contribution in [3.05, 3.63) is 57.2 Å². The SMILES string of the molecule is O=C(N/N=C/c1c(F)cccc1Cl)c1ccc(Br)o1. The van der Waals surface area contributed by atoms with Gasteiger partial charge in [-0.1, -0.05) is 17.7 Å². The Bertz CT molecular complexity index is 622. The Morgan fingerprint density at radius 1 is 1.42 bits per heavy atom. The highest BCUT2D eigenvalue weighted by atomic mass is 79.9. The molecule has 0 aliphatic rings. The largest absolute Gasteiger partial charge is 0.444 e. The molecule has 1 N–H and O–H groups in total. The minimum Gasteiger partial charge on any atom is -0.444 e. The van der Waals surface area contributed by atoms with Gasteiger partial charge in [0.25, 0.3) is 0 Å². The summed E-state index contributed by atoms with van der Waals surface area (Å²) in [5.41, 5.74) is 2.31. The van der Waals surface area contributed by atoms with Gasteiger partial charge >= 0.3 is 5.91 Å². The molecule has 1 amide bonds. The number of hydrogen-bond donors (Lipinski definition) is 1. The molecule has 1 aromatic heterocycles. The van der Waals surface area contributed by atoms with Gasteiger partial charge in [-0.15, -0.1) is 0 Å². The van der Waals surface area contributed by atoms with Crippen LogP contribution < -0.4 is 5.43 Å². The van der Waals surface area contributed by atoms with E-state index in [1.807, 2.05) is 0 Å². The smallest absolute Gasteiger partial charge is 0.307 e. The Balaban J connectivity index is 2.06. The van der Waals surface area contributed by atoms with E-state index in [0.717, 1.165) is 6.21 Å². The molecule has 1 aromatic carbocycles. The number of hydrogen-bond acceptors (Lipinski definition) is 3. The Morgan fingerprint density at radius 2 is 2.21 bits per heavy atom. The molecule has 0 unspecified atom stereocenters. The zero-order valence-corrected chi connectivity index (χ0v) is 11.7. The van der Waals surface area contributed by atoms with Crippen LogP contribution in [0.5, 0.6) is 0 Å². The lowest BCUT2D eigenvalue weighted by atomic mass is 10.2. The number of halogens is 3. The molecule has 0 saturated carbocycles. The van der Waals surface area contributed by atoms with Gasteiger partial charge in [0, 0.05) is 5.56 Å². The molecule has 0 fully saturated rings. The van der Waals surface area contributed by atoms with Gasteiger partial charge in [0.15, 0.2) is 10.4 Å². The molecule has 2 aromatic rings. The highest BCUT2D eigenvalue weighted by Crippen LogP contribution is 2.16. The number of carbonyl (C=O) groups is 1. The molecule has 0 saturated heterocycles. The summed E-state index contributed by atoms with van der Waals surface area (Å²) in [6.45, 7) is 0. The first-order valence-corrected chi connectivity index (χ1v) is 6.28. The maximum atomic E-state index is 13.4. The van der Waals surface area contributed by atoms with Crippen molar-refractivity contribution in [1.82, 2.24) is 5.43 Å². The van der Waals surface area contributed by atoms with Crippen LogP contribution in [0.3, 0.4) is 0 Å². The van der Waals surface area contributed by atoms with Crippen molar-refractivity contribution in [2.45, 2.75) is 0 Å². The quantitative estimate of drug-likeness (QED) is 0.682. The highest BCUT2D eigenvalue weighted by Gasteiger charge is 2.09. The summed E-state index contributed by atoms with van der Waals surface area (Å²) in [7, 11) is 0. The van der Waals surface area contributed by atoms with Gasteiger partial charge in [0.2, 0.25) is 0 Å². The van der Waals surface area contributed by atoms with E-state index in [4.69, 9.17) is 16.0 Å². The Labute approximate surface area is 121 Å². The van der Waals surface area contributed by atoms with Gasteiger partial charge in [-0.3, -0.25) is 4.79 Å². The first-order valence-electron chi connectivity index (χ1n) is 5.10. The van der Waals surface area contributed by atoms with Crippen molar-refractivity contribution < 1.29 is 13.6 Å². The lowest BCUT2D eigenvalue weighted by Crippen LogP contribution is -2.16. The second-order valence-corrected chi connectivity index (χ2v) is 4.63. The van der Waals surface area contributed by atoms with E-state index in [1.54, 1.807) is 6.07 Å². The molecule has 0 bridgehead atoms. The average Bonchev–Trinajstić information content (AvgIpc) is 2.79. The normalized spacial score (nSPS) is 10.9. The summed E-state index contributed by atoms with van der Waals surface area (Å²) in [5, 5.41) is 3.83. The summed E-state index contributed by atoms with van der Waals surface area (Å²) in [6, 6.07) is 7.31. The van der Waals surface area contributed by atoms with Crippen LogP contribution in [-0.2, 0) is 0 Å². The molecule has 2 rings (SSSR count). The van der Waals surface area contributed by atoms with E-state index in [1.165, 1.54) is 24.3 Å². The minimum absolute atomic E-state index is 0.0867. The van der Waals surface area contributed by atoms with Gasteiger partial charge < -0.3 is 4.42 Å². The summed E-state index contributed by atoms with van der Waals surface area (Å²) in [4.78, 5) is 11.6. The van der Waals surface area contributed by atoms with E-state index in [0.29, 0.717) is 4.67 Å². The van der Waals surface area contributed by atoms with E-state index < -0.39 is 11.7 Å². The minimum atomic E-state index is -0.547. The van der Waals surface area contributed by atoms with Gasteiger partial charge in [-0.25, -0.2) is 9.82 Å². The maximum absolute atomic E-state index is 13.4. The summed E-state index contributed by atoms with van der Waals surface area (Å²) < 4.78 is 18.8. The van der Waals surface area contributed by atoms with Crippen LogP contribution in [0.4, 0.5) is 4.39 Å². The van der Waals surface area contributed by atoms with Crippen LogP contribution in [0.25, 0.3) is 0 Å². The van der Waals surface area contributed by atoms with Crippen LogP contribution >= 0.6 is 27.5 Å². The van der Waals surface area contributed by atoms with Crippen LogP contribution in [0.15, 0.2) is 44.5 Å². The van der Waals surface area contributed by atoms with Crippen molar-refractivity contribution in [1.29, 1.82) is 0 Å². The Kier molecular flexibility index (Phi) is 4.34. The van der Waals surface area contributed by atoms with Gasteiger partial charge in [0.05, 0.1) is 11.2 Å².